The fourth-order valence-corrected chi connectivity index (χ4v) is 1.95. The summed E-state index contributed by atoms with van der Waals surface area (Å²) in [6.07, 6.45) is 13.3. The van der Waals surface area contributed by atoms with Crippen LogP contribution in [0.15, 0.2) is 35.7 Å². The molecule has 1 aliphatic carbocycles. The van der Waals surface area contributed by atoms with Crippen molar-refractivity contribution in [2.75, 3.05) is 0 Å². The lowest BCUT2D eigenvalue weighted by atomic mass is 9.91. The molecule has 0 fully saturated rings. The van der Waals surface area contributed by atoms with E-state index in [-0.39, 0.29) is 6.04 Å². The summed E-state index contributed by atoms with van der Waals surface area (Å²) in [6, 6.07) is 0.269. The molecule has 3 N–H and O–H groups in total. The molecule has 0 aromatic rings. The van der Waals surface area contributed by atoms with Gasteiger partial charge in [0.25, 0.3) is 0 Å². The summed E-state index contributed by atoms with van der Waals surface area (Å²) < 4.78 is 0. The Hall–Kier alpha value is -1.18. The molecule has 0 spiro atoms. The summed E-state index contributed by atoms with van der Waals surface area (Å²) in [4.78, 5) is 0. The van der Waals surface area contributed by atoms with E-state index >= 15 is 0 Å². The Morgan fingerprint density at radius 2 is 2.31 bits per heavy atom. The maximum atomic E-state index is 5.92. The van der Waals surface area contributed by atoms with Crippen LogP contribution in [0.3, 0.4) is 0 Å². The quantitative estimate of drug-likeness (QED) is 0.598. The fraction of sp³-hybridized carbons (Fsp3) is 0.455. The number of nitrogens with one attached hydrogen (secondary N) is 1. The number of dihydropyridines is 1. The molecule has 0 aromatic heterocycles. The molecule has 2 aliphatic rings. The van der Waals surface area contributed by atoms with Crippen LogP contribution >= 0.6 is 0 Å². The highest BCUT2D eigenvalue weighted by atomic mass is 14.9. The van der Waals surface area contributed by atoms with E-state index in [0.29, 0.717) is 0 Å². The molecule has 0 saturated heterocycles. The van der Waals surface area contributed by atoms with Crippen LogP contribution in [0.25, 0.3) is 0 Å². The van der Waals surface area contributed by atoms with Crippen LogP contribution in [-0.4, -0.2) is 6.04 Å². The SMILES string of the molecule is NC1=CC=CNC1C1=CCCCC1. The Labute approximate surface area is 79.2 Å². The number of rotatable bonds is 1. The molecule has 2 nitrogen and oxygen atoms in total. The predicted molar refractivity (Wildman–Crippen MR) is 54.9 cm³/mol. The maximum Gasteiger partial charge on any atom is 0.0867 e. The van der Waals surface area contributed by atoms with Crippen LogP contribution < -0.4 is 11.1 Å². The molecule has 0 bridgehead atoms. The second kappa shape index (κ2) is 3.69. The molecule has 2 heteroatoms. The lowest BCUT2D eigenvalue weighted by Crippen LogP contribution is -2.34. The number of allylic oxidation sites excluding steroid dienone is 3. The van der Waals surface area contributed by atoms with E-state index in [1.165, 1.54) is 31.3 Å². The molecule has 1 unspecified atom stereocenters. The summed E-state index contributed by atoms with van der Waals surface area (Å²) in [5.74, 6) is 0. The molecule has 0 aromatic carbocycles. The fourth-order valence-electron chi connectivity index (χ4n) is 1.95. The van der Waals surface area contributed by atoms with Crippen molar-refractivity contribution in [2.24, 2.45) is 5.73 Å². The lowest BCUT2D eigenvalue weighted by molar-refractivity contribution is 0.623. The minimum absolute atomic E-state index is 0.269. The van der Waals surface area contributed by atoms with Gasteiger partial charge < -0.3 is 11.1 Å². The highest BCUT2D eigenvalue weighted by Gasteiger charge is 2.17. The smallest absolute Gasteiger partial charge is 0.0867 e. The van der Waals surface area contributed by atoms with Crippen LogP contribution in [0.1, 0.15) is 25.7 Å². The van der Waals surface area contributed by atoms with Gasteiger partial charge in [-0.2, -0.15) is 0 Å². The van der Waals surface area contributed by atoms with E-state index in [0.717, 1.165) is 5.70 Å². The first kappa shape index (κ1) is 8.42. The van der Waals surface area contributed by atoms with E-state index in [2.05, 4.69) is 11.4 Å². The molecule has 2 rings (SSSR count). The molecule has 70 valence electrons. The van der Waals surface area contributed by atoms with E-state index < -0.39 is 0 Å². The summed E-state index contributed by atoms with van der Waals surface area (Å²) in [6.45, 7) is 0. The summed E-state index contributed by atoms with van der Waals surface area (Å²) in [5, 5.41) is 3.30. The Kier molecular flexibility index (Phi) is 2.39. The Balaban J connectivity index is 2.12. The molecule has 0 amide bonds. The second-order valence-corrected chi connectivity index (χ2v) is 3.65. The molecule has 0 saturated carbocycles. The summed E-state index contributed by atoms with van der Waals surface area (Å²) >= 11 is 0. The van der Waals surface area contributed by atoms with Crippen LogP contribution in [0, 0.1) is 0 Å². The van der Waals surface area contributed by atoms with Crippen LogP contribution in [0.2, 0.25) is 0 Å². The molecule has 0 radical (unpaired) electrons. The normalized spacial score (nSPS) is 27.5. The largest absolute Gasteiger partial charge is 0.400 e. The Morgan fingerprint density at radius 1 is 1.38 bits per heavy atom. The molecular formula is C11H16N2. The van der Waals surface area contributed by atoms with Gasteiger partial charge in [0.15, 0.2) is 0 Å². The third-order valence-electron chi connectivity index (χ3n) is 2.68. The number of hydrogen-bond acceptors (Lipinski definition) is 2. The minimum Gasteiger partial charge on any atom is -0.400 e. The maximum absolute atomic E-state index is 5.92. The standard InChI is InChI=1S/C11H16N2/c12-10-7-4-8-13-11(10)9-5-2-1-3-6-9/h4-5,7-8,11,13H,1-3,6,12H2. The molecule has 1 aliphatic heterocycles. The van der Waals surface area contributed by atoms with E-state index in [4.69, 9.17) is 5.73 Å². The van der Waals surface area contributed by atoms with Gasteiger partial charge in [-0.15, -0.1) is 0 Å². The summed E-state index contributed by atoms with van der Waals surface area (Å²) in [7, 11) is 0. The van der Waals surface area contributed by atoms with Crippen molar-refractivity contribution in [1.82, 2.24) is 5.32 Å². The average Bonchev–Trinajstić information content (AvgIpc) is 2.20. The first-order valence-electron chi connectivity index (χ1n) is 4.95. The third-order valence-corrected chi connectivity index (χ3v) is 2.68. The van der Waals surface area contributed by atoms with E-state index in [9.17, 15) is 0 Å². The monoisotopic (exact) mass is 176 g/mol. The van der Waals surface area contributed by atoms with Gasteiger partial charge in [-0.3, -0.25) is 0 Å². The highest BCUT2D eigenvalue weighted by molar-refractivity contribution is 5.31. The zero-order chi connectivity index (χ0) is 9.10. The molecule has 13 heavy (non-hydrogen) atoms. The first-order chi connectivity index (χ1) is 6.38. The van der Waals surface area contributed by atoms with Gasteiger partial charge in [0.05, 0.1) is 6.04 Å². The van der Waals surface area contributed by atoms with Gasteiger partial charge in [0.2, 0.25) is 0 Å². The van der Waals surface area contributed by atoms with Gasteiger partial charge in [0, 0.05) is 5.70 Å². The van der Waals surface area contributed by atoms with Crippen molar-refractivity contribution >= 4 is 0 Å². The van der Waals surface area contributed by atoms with Crippen LogP contribution in [0.5, 0.6) is 0 Å². The molecular weight excluding hydrogens is 160 g/mol. The molecule has 1 heterocycles. The number of nitrogens with two attached hydrogens (primary N) is 1. The van der Waals surface area contributed by atoms with Gasteiger partial charge in [-0.1, -0.05) is 6.08 Å². The Bertz CT molecular complexity index is 274. The van der Waals surface area contributed by atoms with Gasteiger partial charge >= 0.3 is 0 Å². The minimum atomic E-state index is 0.269. The van der Waals surface area contributed by atoms with Crippen molar-refractivity contribution in [2.45, 2.75) is 31.7 Å². The second-order valence-electron chi connectivity index (χ2n) is 3.65. The molecule has 1 atom stereocenters. The van der Waals surface area contributed by atoms with Gasteiger partial charge in [-0.05, 0) is 49.6 Å². The number of hydrogen-bond donors (Lipinski definition) is 2. The van der Waals surface area contributed by atoms with Crippen molar-refractivity contribution in [1.29, 1.82) is 0 Å². The first-order valence-corrected chi connectivity index (χ1v) is 4.95. The van der Waals surface area contributed by atoms with Crippen molar-refractivity contribution in [3.8, 4) is 0 Å². The average molecular weight is 176 g/mol. The predicted octanol–water partition coefficient (Wildman–Crippen LogP) is 1.81. The van der Waals surface area contributed by atoms with Crippen molar-refractivity contribution < 1.29 is 0 Å². The topological polar surface area (TPSA) is 38.0 Å². The highest BCUT2D eigenvalue weighted by Crippen LogP contribution is 2.23. The van der Waals surface area contributed by atoms with Gasteiger partial charge in [0.1, 0.15) is 0 Å². The van der Waals surface area contributed by atoms with Crippen molar-refractivity contribution in [3.05, 3.63) is 35.7 Å². The van der Waals surface area contributed by atoms with Gasteiger partial charge in [-0.25, -0.2) is 0 Å². The van der Waals surface area contributed by atoms with E-state index in [1.807, 2.05) is 18.4 Å². The van der Waals surface area contributed by atoms with E-state index in [1.54, 1.807) is 0 Å². The zero-order valence-electron chi connectivity index (χ0n) is 7.79. The Morgan fingerprint density at radius 3 is 3.00 bits per heavy atom. The third kappa shape index (κ3) is 1.77. The van der Waals surface area contributed by atoms with Crippen molar-refractivity contribution in [3.63, 3.8) is 0 Å². The van der Waals surface area contributed by atoms with Crippen LogP contribution in [0.4, 0.5) is 0 Å². The van der Waals surface area contributed by atoms with Crippen LogP contribution in [-0.2, 0) is 0 Å². The lowest BCUT2D eigenvalue weighted by Gasteiger charge is -2.25. The zero-order valence-corrected chi connectivity index (χ0v) is 7.79. The summed E-state index contributed by atoms with van der Waals surface area (Å²) in [5.41, 5.74) is 8.32.